The Morgan fingerprint density at radius 1 is 0.541 bits per heavy atom. The minimum Gasteiger partial charge on any atom is -0.261 e. The summed E-state index contributed by atoms with van der Waals surface area (Å²) in [5.74, 6) is -1.14. The SMILES string of the molecule is CS(=O)(=O)c1cccc2cncc(F)c12.Fc1cncc2ccccc12.Fc1cncc2ccccc12. The highest BCUT2D eigenvalue weighted by Gasteiger charge is 2.14. The summed E-state index contributed by atoms with van der Waals surface area (Å²) in [6.07, 6.45) is 9.26. The van der Waals surface area contributed by atoms with Crippen molar-refractivity contribution in [3.05, 3.63) is 121 Å². The number of hydrogen-bond donors (Lipinski definition) is 0. The molecular formula is C28H20F3N3O2S. The smallest absolute Gasteiger partial charge is 0.176 e. The zero-order valence-corrected chi connectivity index (χ0v) is 20.3. The molecule has 3 aromatic carbocycles. The van der Waals surface area contributed by atoms with Gasteiger partial charge in [0.1, 0.15) is 11.6 Å². The molecule has 0 atom stereocenters. The van der Waals surface area contributed by atoms with Crippen molar-refractivity contribution in [2.24, 2.45) is 0 Å². The first-order chi connectivity index (χ1) is 17.8. The number of fused-ring (bicyclic) bond motifs is 3. The van der Waals surface area contributed by atoms with E-state index in [0.717, 1.165) is 23.2 Å². The van der Waals surface area contributed by atoms with E-state index in [1.807, 2.05) is 36.4 Å². The quantitative estimate of drug-likeness (QED) is 0.247. The van der Waals surface area contributed by atoms with Crippen LogP contribution < -0.4 is 0 Å². The number of nitrogens with zero attached hydrogens (tertiary/aromatic N) is 3. The highest BCUT2D eigenvalue weighted by atomic mass is 32.2. The van der Waals surface area contributed by atoms with Gasteiger partial charge in [0.05, 0.1) is 23.5 Å². The van der Waals surface area contributed by atoms with E-state index >= 15 is 0 Å². The molecule has 9 heteroatoms. The molecule has 0 fully saturated rings. The number of rotatable bonds is 1. The van der Waals surface area contributed by atoms with Crippen molar-refractivity contribution >= 4 is 42.2 Å². The molecule has 0 saturated heterocycles. The maximum atomic E-state index is 13.5. The average Bonchev–Trinajstić information content (AvgIpc) is 2.90. The first kappa shape index (κ1) is 25.7. The topological polar surface area (TPSA) is 72.8 Å². The van der Waals surface area contributed by atoms with Crippen LogP contribution in [0.3, 0.4) is 0 Å². The van der Waals surface area contributed by atoms with Crippen molar-refractivity contribution in [3.63, 3.8) is 0 Å². The summed E-state index contributed by atoms with van der Waals surface area (Å²) >= 11 is 0. The zero-order valence-electron chi connectivity index (χ0n) is 19.5. The van der Waals surface area contributed by atoms with E-state index < -0.39 is 15.7 Å². The van der Waals surface area contributed by atoms with E-state index in [1.165, 1.54) is 24.7 Å². The molecule has 0 saturated carbocycles. The molecular weight excluding hydrogens is 499 g/mol. The Labute approximate surface area is 211 Å². The van der Waals surface area contributed by atoms with Gasteiger partial charge in [-0.3, -0.25) is 15.0 Å². The number of sulfone groups is 1. The van der Waals surface area contributed by atoms with Crippen LogP contribution in [0.25, 0.3) is 32.3 Å². The Balaban J connectivity index is 0.000000132. The Bertz CT molecular complexity index is 1720. The van der Waals surface area contributed by atoms with Gasteiger partial charge >= 0.3 is 0 Å². The van der Waals surface area contributed by atoms with Crippen LogP contribution in [0.5, 0.6) is 0 Å². The third kappa shape index (κ3) is 6.07. The summed E-state index contributed by atoms with van der Waals surface area (Å²) in [6, 6.07) is 19.1. The maximum absolute atomic E-state index is 13.5. The number of pyridine rings is 3. The fourth-order valence-electron chi connectivity index (χ4n) is 3.63. The van der Waals surface area contributed by atoms with Gasteiger partial charge in [-0.05, 0) is 6.07 Å². The van der Waals surface area contributed by atoms with E-state index in [4.69, 9.17) is 0 Å². The van der Waals surface area contributed by atoms with E-state index in [-0.39, 0.29) is 21.9 Å². The third-order valence-electron chi connectivity index (χ3n) is 5.34. The lowest BCUT2D eigenvalue weighted by atomic mass is 10.2. The molecule has 0 unspecified atom stereocenters. The predicted octanol–water partition coefficient (Wildman–Crippen LogP) is 6.53. The molecule has 37 heavy (non-hydrogen) atoms. The van der Waals surface area contributed by atoms with Crippen LogP contribution >= 0.6 is 0 Å². The summed E-state index contributed by atoms with van der Waals surface area (Å²) in [4.78, 5) is 11.1. The molecule has 0 spiro atoms. The molecule has 3 aromatic heterocycles. The molecule has 0 aliphatic rings. The fraction of sp³-hybridized carbons (Fsp3) is 0.0357. The second-order valence-corrected chi connectivity index (χ2v) is 9.92. The largest absolute Gasteiger partial charge is 0.261 e. The van der Waals surface area contributed by atoms with Gasteiger partial charge < -0.3 is 0 Å². The molecule has 0 N–H and O–H groups in total. The summed E-state index contributed by atoms with van der Waals surface area (Å²) in [6.45, 7) is 0. The van der Waals surface area contributed by atoms with Crippen molar-refractivity contribution in [1.82, 2.24) is 15.0 Å². The zero-order chi connectivity index (χ0) is 26.4. The van der Waals surface area contributed by atoms with Gasteiger partial charge in [0.25, 0.3) is 0 Å². The third-order valence-corrected chi connectivity index (χ3v) is 6.48. The summed E-state index contributed by atoms with van der Waals surface area (Å²) in [7, 11) is -3.42. The number of hydrogen-bond acceptors (Lipinski definition) is 5. The van der Waals surface area contributed by atoms with Crippen LogP contribution in [0.2, 0.25) is 0 Å². The second-order valence-electron chi connectivity index (χ2n) is 7.93. The van der Waals surface area contributed by atoms with Crippen molar-refractivity contribution < 1.29 is 21.6 Å². The first-order valence-electron chi connectivity index (χ1n) is 10.9. The summed E-state index contributed by atoms with van der Waals surface area (Å²) in [5.41, 5.74) is 0. The molecule has 0 aliphatic carbocycles. The summed E-state index contributed by atoms with van der Waals surface area (Å²) in [5, 5.41) is 3.53. The lowest BCUT2D eigenvalue weighted by Gasteiger charge is -2.04. The Kier molecular flexibility index (Phi) is 7.74. The van der Waals surface area contributed by atoms with E-state index in [9.17, 15) is 21.6 Å². The highest BCUT2D eigenvalue weighted by molar-refractivity contribution is 7.91. The molecule has 0 radical (unpaired) electrons. The molecule has 186 valence electrons. The van der Waals surface area contributed by atoms with E-state index in [1.54, 1.807) is 36.7 Å². The minimum absolute atomic E-state index is 0.0000926. The number of aromatic nitrogens is 3. The molecule has 0 amide bonds. The standard InChI is InChI=1S/C10H8FNO2S.2C9H6FN/c1-15(13,14)9-4-2-3-7-5-12-6-8(11)10(7)9;2*10-9-6-11-5-7-3-1-2-4-8(7)9/h2-6H,1H3;2*1-6H. The van der Waals surface area contributed by atoms with Gasteiger partial charge in [0.15, 0.2) is 15.7 Å². The van der Waals surface area contributed by atoms with Gasteiger partial charge in [-0.2, -0.15) is 0 Å². The summed E-state index contributed by atoms with van der Waals surface area (Å²) < 4.78 is 62.1. The highest BCUT2D eigenvalue weighted by Crippen LogP contribution is 2.24. The monoisotopic (exact) mass is 519 g/mol. The molecule has 5 nitrogen and oxygen atoms in total. The van der Waals surface area contributed by atoms with Crippen LogP contribution in [0.1, 0.15) is 0 Å². The van der Waals surface area contributed by atoms with Gasteiger partial charge in [0.2, 0.25) is 0 Å². The Morgan fingerprint density at radius 2 is 0.973 bits per heavy atom. The Morgan fingerprint density at radius 3 is 1.46 bits per heavy atom. The van der Waals surface area contributed by atoms with Gasteiger partial charge in [-0.1, -0.05) is 60.7 Å². The van der Waals surface area contributed by atoms with Crippen LogP contribution in [0, 0.1) is 17.5 Å². The van der Waals surface area contributed by atoms with Crippen molar-refractivity contribution in [3.8, 4) is 0 Å². The van der Waals surface area contributed by atoms with Crippen molar-refractivity contribution in [2.45, 2.75) is 4.90 Å². The second kappa shape index (κ2) is 11.1. The van der Waals surface area contributed by atoms with Crippen LogP contribution in [-0.4, -0.2) is 29.6 Å². The molecule has 0 bridgehead atoms. The molecule has 3 heterocycles. The van der Waals surface area contributed by atoms with Crippen molar-refractivity contribution in [2.75, 3.05) is 6.26 Å². The fourth-order valence-corrected chi connectivity index (χ4v) is 4.54. The van der Waals surface area contributed by atoms with Gasteiger partial charge in [-0.15, -0.1) is 0 Å². The van der Waals surface area contributed by atoms with E-state index in [0.29, 0.717) is 16.2 Å². The maximum Gasteiger partial charge on any atom is 0.176 e. The lowest BCUT2D eigenvalue weighted by Crippen LogP contribution is -1.99. The van der Waals surface area contributed by atoms with E-state index in [2.05, 4.69) is 15.0 Å². The predicted molar refractivity (Wildman–Crippen MR) is 138 cm³/mol. The molecule has 6 aromatic rings. The van der Waals surface area contributed by atoms with Gasteiger partial charge in [0, 0.05) is 57.2 Å². The first-order valence-corrected chi connectivity index (χ1v) is 12.8. The Hall–Kier alpha value is -4.37. The van der Waals surface area contributed by atoms with Crippen molar-refractivity contribution in [1.29, 1.82) is 0 Å². The van der Waals surface area contributed by atoms with Crippen LogP contribution in [-0.2, 0) is 9.84 Å². The lowest BCUT2D eigenvalue weighted by molar-refractivity contribution is 0.600. The van der Waals surface area contributed by atoms with Gasteiger partial charge in [-0.25, -0.2) is 21.6 Å². The average molecular weight is 520 g/mol. The molecule has 0 aliphatic heterocycles. The minimum atomic E-state index is -3.42. The van der Waals surface area contributed by atoms with Crippen LogP contribution in [0.15, 0.2) is 109 Å². The molecule has 6 rings (SSSR count). The van der Waals surface area contributed by atoms with Crippen LogP contribution in [0.4, 0.5) is 13.2 Å². The number of halogens is 3. The normalized spacial score (nSPS) is 10.9. The number of benzene rings is 3.